The minimum absolute atomic E-state index is 0.224. The van der Waals surface area contributed by atoms with Gasteiger partial charge in [-0.1, -0.05) is 11.6 Å². The van der Waals surface area contributed by atoms with Crippen molar-refractivity contribution < 1.29 is 22.7 Å². The number of hydrogen-bond donors (Lipinski definition) is 2. The van der Waals surface area contributed by atoms with Gasteiger partial charge in [0.15, 0.2) is 0 Å². The number of carbonyl (C=O) groups is 1. The van der Waals surface area contributed by atoms with Crippen LogP contribution < -0.4 is 4.72 Å². The predicted molar refractivity (Wildman–Crippen MR) is 74.6 cm³/mol. The van der Waals surface area contributed by atoms with Crippen LogP contribution in [0, 0.1) is 0 Å². The first kappa shape index (κ1) is 14.4. The fraction of sp³-hybridized carbons (Fsp3) is 0.0833. The van der Waals surface area contributed by atoms with Crippen LogP contribution in [0.15, 0.2) is 34.7 Å². The standard InChI is InChI=1S/C12H10ClNO5S/c1-20(17,18)14-7-2-3-9(13)8(6-7)10-4-5-11(19-10)12(15)16/h2-6,14H,1H3,(H,15,16). The van der Waals surface area contributed by atoms with E-state index in [0.29, 0.717) is 16.3 Å². The molecule has 106 valence electrons. The summed E-state index contributed by atoms with van der Waals surface area (Å²) in [7, 11) is -3.42. The Morgan fingerprint density at radius 2 is 2.00 bits per heavy atom. The molecule has 1 heterocycles. The lowest BCUT2D eigenvalue weighted by molar-refractivity contribution is 0.0663. The zero-order valence-electron chi connectivity index (χ0n) is 10.3. The highest BCUT2D eigenvalue weighted by molar-refractivity contribution is 7.92. The average Bonchev–Trinajstić information content (AvgIpc) is 2.79. The van der Waals surface area contributed by atoms with Gasteiger partial charge in [-0.3, -0.25) is 4.72 Å². The molecule has 0 aliphatic heterocycles. The van der Waals surface area contributed by atoms with Gasteiger partial charge >= 0.3 is 5.97 Å². The first-order valence-corrected chi connectivity index (χ1v) is 7.64. The summed E-state index contributed by atoms with van der Waals surface area (Å²) in [5, 5.41) is 9.12. The van der Waals surface area contributed by atoms with E-state index in [1.807, 2.05) is 0 Å². The second kappa shape index (κ2) is 5.18. The predicted octanol–water partition coefficient (Wildman–Crippen LogP) is 2.67. The first-order valence-electron chi connectivity index (χ1n) is 5.37. The molecular weight excluding hydrogens is 306 g/mol. The second-order valence-corrected chi connectivity index (χ2v) is 6.19. The summed E-state index contributed by atoms with van der Waals surface area (Å²) < 4.78 is 29.8. The SMILES string of the molecule is CS(=O)(=O)Nc1ccc(Cl)c(-c2ccc(C(=O)O)o2)c1. The maximum absolute atomic E-state index is 11.2. The van der Waals surface area contributed by atoms with Crippen molar-refractivity contribution in [1.29, 1.82) is 0 Å². The van der Waals surface area contributed by atoms with Crippen LogP contribution in [-0.2, 0) is 10.0 Å². The number of rotatable bonds is 4. The van der Waals surface area contributed by atoms with E-state index < -0.39 is 16.0 Å². The Bertz CT molecular complexity index is 766. The van der Waals surface area contributed by atoms with Gasteiger partial charge in [-0.05, 0) is 30.3 Å². The molecule has 0 bridgehead atoms. The van der Waals surface area contributed by atoms with Crippen molar-refractivity contribution in [2.45, 2.75) is 0 Å². The van der Waals surface area contributed by atoms with Crippen molar-refractivity contribution in [3.63, 3.8) is 0 Å². The number of sulfonamides is 1. The van der Waals surface area contributed by atoms with Crippen molar-refractivity contribution in [2.75, 3.05) is 11.0 Å². The fourth-order valence-corrected chi connectivity index (χ4v) is 2.36. The molecule has 1 aromatic heterocycles. The Labute approximate surface area is 120 Å². The van der Waals surface area contributed by atoms with Crippen LogP contribution in [-0.4, -0.2) is 25.7 Å². The molecule has 0 fully saturated rings. The third-order valence-electron chi connectivity index (χ3n) is 2.35. The van der Waals surface area contributed by atoms with Crippen LogP contribution >= 0.6 is 11.6 Å². The lowest BCUT2D eigenvalue weighted by atomic mass is 10.1. The molecule has 0 spiro atoms. The van der Waals surface area contributed by atoms with E-state index >= 15 is 0 Å². The van der Waals surface area contributed by atoms with Gasteiger partial charge in [0.2, 0.25) is 15.8 Å². The second-order valence-electron chi connectivity index (χ2n) is 4.04. The van der Waals surface area contributed by atoms with Gasteiger partial charge in [-0.25, -0.2) is 13.2 Å². The summed E-state index contributed by atoms with van der Waals surface area (Å²) in [5.74, 6) is -1.18. The van der Waals surface area contributed by atoms with Crippen LogP contribution in [0.25, 0.3) is 11.3 Å². The Morgan fingerprint density at radius 1 is 1.30 bits per heavy atom. The fourth-order valence-electron chi connectivity index (χ4n) is 1.59. The summed E-state index contributed by atoms with van der Waals surface area (Å²) in [6.07, 6.45) is 1.02. The molecule has 0 aliphatic carbocycles. The van der Waals surface area contributed by atoms with Gasteiger partial charge in [0.25, 0.3) is 0 Å². The Kier molecular flexibility index (Phi) is 3.74. The lowest BCUT2D eigenvalue weighted by Gasteiger charge is -2.07. The van der Waals surface area contributed by atoms with Crippen LogP contribution in [0.3, 0.4) is 0 Å². The number of carboxylic acid groups (broad SMARTS) is 1. The van der Waals surface area contributed by atoms with Crippen LogP contribution in [0.1, 0.15) is 10.6 Å². The molecule has 8 heteroatoms. The highest BCUT2D eigenvalue weighted by atomic mass is 35.5. The van der Waals surface area contributed by atoms with Gasteiger partial charge in [-0.15, -0.1) is 0 Å². The highest BCUT2D eigenvalue weighted by Gasteiger charge is 2.14. The van der Waals surface area contributed by atoms with Crippen LogP contribution in [0.2, 0.25) is 5.02 Å². The molecule has 0 saturated carbocycles. The van der Waals surface area contributed by atoms with Gasteiger partial charge in [0.05, 0.1) is 11.3 Å². The van der Waals surface area contributed by atoms with Crippen LogP contribution in [0.4, 0.5) is 5.69 Å². The molecule has 0 atom stereocenters. The molecule has 1 aromatic carbocycles. The first-order chi connectivity index (χ1) is 9.26. The highest BCUT2D eigenvalue weighted by Crippen LogP contribution is 2.32. The molecule has 0 aliphatic rings. The molecule has 0 saturated heterocycles. The molecule has 0 radical (unpaired) electrons. The Balaban J connectivity index is 2.44. The van der Waals surface area contributed by atoms with Crippen molar-refractivity contribution in [3.8, 4) is 11.3 Å². The van der Waals surface area contributed by atoms with Gasteiger partial charge in [-0.2, -0.15) is 0 Å². The minimum Gasteiger partial charge on any atom is -0.475 e. The van der Waals surface area contributed by atoms with Crippen molar-refractivity contribution in [2.24, 2.45) is 0 Å². The van der Waals surface area contributed by atoms with E-state index in [1.165, 1.54) is 30.3 Å². The summed E-state index contributed by atoms with van der Waals surface area (Å²) in [6.45, 7) is 0. The Morgan fingerprint density at radius 3 is 2.55 bits per heavy atom. The number of halogens is 1. The molecule has 2 rings (SSSR count). The molecule has 6 nitrogen and oxygen atoms in total. The summed E-state index contributed by atoms with van der Waals surface area (Å²) in [6, 6.07) is 7.20. The van der Waals surface area contributed by atoms with E-state index in [4.69, 9.17) is 21.1 Å². The topological polar surface area (TPSA) is 96.6 Å². The quantitative estimate of drug-likeness (QED) is 0.904. The number of benzene rings is 1. The summed E-state index contributed by atoms with van der Waals surface area (Å²) >= 11 is 6.01. The van der Waals surface area contributed by atoms with E-state index in [9.17, 15) is 13.2 Å². The normalized spacial score (nSPS) is 11.3. The average molecular weight is 316 g/mol. The maximum atomic E-state index is 11.2. The molecule has 0 unspecified atom stereocenters. The van der Waals surface area contributed by atoms with Gasteiger partial charge < -0.3 is 9.52 Å². The zero-order chi connectivity index (χ0) is 14.9. The molecule has 20 heavy (non-hydrogen) atoms. The van der Waals surface area contributed by atoms with Crippen molar-refractivity contribution in [3.05, 3.63) is 41.1 Å². The van der Waals surface area contributed by atoms with Gasteiger partial charge in [0, 0.05) is 11.3 Å². The summed E-state index contributed by atoms with van der Waals surface area (Å²) in [5.41, 5.74) is 0.702. The number of furan rings is 1. The number of hydrogen-bond acceptors (Lipinski definition) is 4. The van der Waals surface area contributed by atoms with Gasteiger partial charge in [0.1, 0.15) is 5.76 Å². The molecule has 2 aromatic rings. The van der Waals surface area contributed by atoms with Crippen LogP contribution in [0.5, 0.6) is 0 Å². The van der Waals surface area contributed by atoms with E-state index in [-0.39, 0.29) is 11.5 Å². The Hall–Kier alpha value is -1.99. The molecule has 2 N–H and O–H groups in total. The largest absolute Gasteiger partial charge is 0.475 e. The van der Waals surface area contributed by atoms with E-state index in [0.717, 1.165) is 6.26 Å². The summed E-state index contributed by atoms with van der Waals surface area (Å²) in [4.78, 5) is 10.8. The number of nitrogens with one attached hydrogen (secondary N) is 1. The zero-order valence-corrected chi connectivity index (χ0v) is 11.8. The molecular formula is C12H10ClNO5S. The van der Waals surface area contributed by atoms with Crippen molar-refractivity contribution >= 4 is 33.3 Å². The third kappa shape index (κ3) is 3.31. The smallest absolute Gasteiger partial charge is 0.371 e. The lowest BCUT2D eigenvalue weighted by Crippen LogP contribution is -2.09. The maximum Gasteiger partial charge on any atom is 0.371 e. The van der Waals surface area contributed by atoms with E-state index in [1.54, 1.807) is 0 Å². The minimum atomic E-state index is -3.42. The van der Waals surface area contributed by atoms with Crippen molar-refractivity contribution in [1.82, 2.24) is 0 Å². The number of anilines is 1. The molecule has 0 amide bonds. The number of aromatic carboxylic acids is 1. The monoisotopic (exact) mass is 315 g/mol. The number of carboxylic acids is 1. The third-order valence-corrected chi connectivity index (χ3v) is 3.29. The van der Waals surface area contributed by atoms with E-state index in [2.05, 4.69) is 4.72 Å².